The van der Waals surface area contributed by atoms with Crippen LogP contribution in [0.15, 0.2) is 6.20 Å². The van der Waals surface area contributed by atoms with Gasteiger partial charge >= 0.3 is 0 Å². The summed E-state index contributed by atoms with van der Waals surface area (Å²) < 4.78 is 2.49. The number of rotatable bonds is 1. The molecule has 1 fully saturated rings. The van der Waals surface area contributed by atoms with Crippen LogP contribution in [-0.4, -0.2) is 22.6 Å². The molecule has 2 aliphatic rings. The predicted octanol–water partition coefficient (Wildman–Crippen LogP) is 2.25. The Kier molecular flexibility index (Phi) is 2.72. The van der Waals surface area contributed by atoms with Crippen LogP contribution in [0.5, 0.6) is 0 Å². The van der Waals surface area contributed by atoms with E-state index in [9.17, 15) is 0 Å². The van der Waals surface area contributed by atoms with Crippen molar-refractivity contribution in [3.05, 3.63) is 17.7 Å². The number of nitrogens with zero attached hydrogens (tertiary/aromatic N) is 2. The number of piperidine rings is 1. The summed E-state index contributed by atoms with van der Waals surface area (Å²) in [5.41, 5.74) is 1.46. The van der Waals surface area contributed by atoms with Crippen LogP contribution in [0.3, 0.4) is 0 Å². The summed E-state index contributed by atoms with van der Waals surface area (Å²) in [6.45, 7) is 5.81. The van der Waals surface area contributed by atoms with Crippen LogP contribution in [0.25, 0.3) is 0 Å². The van der Waals surface area contributed by atoms with Crippen LogP contribution in [0.1, 0.15) is 56.0 Å². The van der Waals surface area contributed by atoms with Gasteiger partial charge in [-0.2, -0.15) is 0 Å². The fourth-order valence-electron chi connectivity index (χ4n) is 3.14. The molecule has 88 valence electrons. The van der Waals surface area contributed by atoms with Gasteiger partial charge in [0.2, 0.25) is 0 Å². The van der Waals surface area contributed by atoms with Gasteiger partial charge in [-0.1, -0.05) is 6.92 Å². The van der Waals surface area contributed by atoms with Gasteiger partial charge in [-0.3, -0.25) is 0 Å². The van der Waals surface area contributed by atoms with E-state index in [-0.39, 0.29) is 0 Å². The molecule has 2 unspecified atom stereocenters. The lowest BCUT2D eigenvalue weighted by atomic mass is 9.96. The number of imidazole rings is 1. The monoisotopic (exact) mass is 219 g/mol. The summed E-state index contributed by atoms with van der Waals surface area (Å²) in [5, 5.41) is 3.49. The minimum absolute atomic E-state index is 0.646. The van der Waals surface area contributed by atoms with E-state index in [2.05, 4.69) is 23.0 Å². The molecule has 0 amide bonds. The first kappa shape index (κ1) is 10.3. The summed E-state index contributed by atoms with van der Waals surface area (Å²) in [4.78, 5) is 4.69. The minimum Gasteiger partial charge on any atom is -0.332 e. The maximum absolute atomic E-state index is 4.69. The molecule has 0 aliphatic carbocycles. The van der Waals surface area contributed by atoms with Crippen molar-refractivity contribution in [2.75, 3.05) is 13.1 Å². The Morgan fingerprint density at radius 2 is 2.31 bits per heavy atom. The van der Waals surface area contributed by atoms with Crippen LogP contribution >= 0.6 is 0 Å². The third kappa shape index (κ3) is 1.67. The molecule has 3 heterocycles. The molecule has 3 heteroatoms. The van der Waals surface area contributed by atoms with Crippen molar-refractivity contribution in [3.8, 4) is 0 Å². The van der Waals surface area contributed by atoms with Gasteiger partial charge in [0.15, 0.2) is 0 Å². The molecule has 0 radical (unpaired) electrons. The lowest BCUT2D eigenvalue weighted by molar-refractivity contribution is 0.405. The van der Waals surface area contributed by atoms with Crippen LogP contribution in [0.2, 0.25) is 0 Å². The maximum atomic E-state index is 4.69. The Labute approximate surface area is 97.3 Å². The molecular weight excluding hydrogens is 198 g/mol. The number of fused-ring (bicyclic) bond motifs is 1. The lowest BCUT2D eigenvalue weighted by Gasteiger charge is -2.27. The molecule has 2 atom stereocenters. The molecule has 16 heavy (non-hydrogen) atoms. The molecule has 1 aromatic rings. The van der Waals surface area contributed by atoms with Crippen molar-refractivity contribution in [2.24, 2.45) is 0 Å². The normalized spacial score (nSPS) is 30.1. The zero-order valence-corrected chi connectivity index (χ0v) is 10.1. The van der Waals surface area contributed by atoms with E-state index in [1.807, 2.05) is 0 Å². The molecular formula is C13H21N3. The highest BCUT2D eigenvalue weighted by atomic mass is 15.1. The molecule has 2 aliphatic heterocycles. The van der Waals surface area contributed by atoms with Crippen molar-refractivity contribution >= 4 is 0 Å². The second kappa shape index (κ2) is 4.21. The summed E-state index contributed by atoms with van der Waals surface area (Å²) in [6.07, 6.45) is 7.36. The third-order valence-electron chi connectivity index (χ3n) is 4.10. The van der Waals surface area contributed by atoms with Gasteiger partial charge in [0.25, 0.3) is 0 Å². The lowest BCUT2D eigenvalue weighted by Crippen LogP contribution is -2.30. The summed E-state index contributed by atoms with van der Waals surface area (Å²) in [6, 6.07) is 0. The summed E-state index contributed by atoms with van der Waals surface area (Å²) in [5.74, 6) is 2.69. The Morgan fingerprint density at radius 3 is 3.12 bits per heavy atom. The second-order valence-electron chi connectivity index (χ2n) is 5.28. The van der Waals surface area contributed by atoms with Gasteiger partial charge in [0.1, 0.15) is 5.82 Å². The van der Waals surface area contributed by atoms with E-state index in [1.165, 1.54) is 50.3 Å². The van der Waals surface area contributed by atoms with Crippen molar-refractivity contribution in [3.63, 3.8) is 0 Å². The van der Waals surface area contributed by atoms with E-state index >= 15 is 0 Å². The number of nitrogens with one attached hydrogen (secondary N) is 1. The first-order valence-corrected chi connectivity index (χ1v) is 6.62. The van der Waals surface area contributed by atoms with E-state index in [4.69, 9.17) is 4.98 Å². The second-order valence-corrected chi connectivity index (χ2v) is 5.28. The highest BCUT2D eigenvalue weighted by molar-refractivity contribution is 5.15. The first-order valence-electron chi connectivity index (χ1n) is 6.62. The molecule has 1 N–H and O–H groups in total. The number of aromatic nitrogens is 2. The average Bonchev–Trinajstić information content (AvgIpc) is 2.75. The molecule has 0 aromatic carbocycles. The SMILES string of the molecule is CC1CCCn2c1cnc2C1CCCNC1. The fraction of sp³-hybridized carbons (Fsp3) is 0.769. The van der Waals surface area contributed by atoms with Crippen LogP contribution in [-0.2, 0) is 6.54 Å². The quantitative estimate of drug-likeness (QED) is 0.785. The minimum atomic E-state index is 0.646. The Morgan fingerprint density at radius 1 is 1.38 bits per heavy atom. The average molecular weight is 219 g/mol. The van der Waals surface area contributed by atoms with Crippen LogP contribution in [0.4, 0.5) is 0 Å². The summed E-state index contributed by atoms with van der Waals surface area (Å²) >= 11 is 0. The molecule has 3 nitrogen and oxygen atoms in total. The third-order valence-corrected chi connectivity index (χ3v) is 4.10. The highest BCUT2D eigenvalue weighted by Crippen LogP contribution is 2.31. The zero-order valence-electron chi connectivity index (χ0n) is 10.1. The largest absolute Gasteiger partial charge is 0.332 e. The van der Waals surface area contributed by atoms with Crippen molar-refractivity contribution in [1.82, 2.24) is 14.9 Å². The molecule has 0 spiro atoms. The smallest absolute Gasteiger partial charge is 0.113 e. The Balaban J connectivity index is 1.89. The van der Waals surface area contributed by atoms with E-state index in [0.717, 1.165) is 6.54 Å². The van der Waals surface area contributed by atoms with Gasteiger partial charge in [0.05, 0.1) is 0 Å². The summed E-state index contributed by atoms with van der Waals surface area (Å²) in [7, 11) is 0. The van der Waals surface area contributed by atoms with Gasteiger partial charge in [0, 0.05) is 30.9 Å². The molecule has 1 aromatic heterocycles. The zero-order chi connectivity index (χ0) is 11.0. The van der Waals surface area contributed by atoms with Gasteiger partial charge in [-0.25, -0.2) is 4.98 Å². The molecule has 0 bridgehead atoms. The van der Waals surface area contributed by atoms with Crippen LogP contribution in [0, 0.1) is 0 Å². The van der Waals surface area contributed by atoms with Gasteiger partial charge in [-0.05, 0) is 38.1 Å². The van der Waals surface area contributed by atoms with Crippen molar-refractivity contribution in [1.29, 1.82) is 0 Å². The molecule has 1 saturated heterocycles. The van der Waals surface area contributed by atoms with Gasteiger partial charge < -0.3 is 9.88 Å². The maximum Gasteiger partial charge on any atom is 0.113 e. The van der Waals surface area contributed by atoms with Gasteiger partial charge in [-0.15, -0.1) is 0 Å². The predicted molar refractivity (Wildman–Crippen MR) is 64.7 cm³/mol. The first-order chi connectivity index (χ1) is 7.86. The van der Waals surface area contributed by atoms with Crippen LogP contribution < -0.4 is 5.32 Å². The number of hydrogen-bond donors (Lipinski definition) is 1. The Bertz CT molecular complexity index is 363. The topological polar surface area (TPSA) is 29.9 Å². The van der Waals surface area contributed by atoms with E-state index < -0.39 is 0 Å². The molecule has 3 rings (SSSR count). The Hall–Kier alpha value is -0.830. The highest BCUT2D eigenvalue weighted by Gasteiger charge is 2.25. The standard InChI is InChI=1S/C13H21N3/c1-10-4-3-7-16-12(10)9-15-13(16)11-5-2-6-14-8-11/h9-11,14H,2-8H2,1H3. The molecule has 0 saturated carbocycles. The van der Waals surface area contributed by atoms with Crippen molar-refractivity contribution in [2.45, 2.75) is 51.0 Å². The van der Waals surface area contributed by atoms with E-state index in [0.29, 0.717) is 11.8 Å². The number of hydrogen-bond acceptors (Lipinski definition) is 2. The van der Waals surface area contributed by atoms with Crippen molar-refractivity contribution < 1.29 is 0 Å². The fourth-order valence-corrected chi connectivity index (χ4v) is 3.14. The van der Waals surface area contributed by atoms with E-state index in [1.54, 1.807) is 0 Å².